The summed E-state index contributed by atoms with van der Waals surface area (Å²) < 4.78 is 5.14. The smallest absolute Gasteiger partial charge is 0.338 e. The average Bonchev–Trinajstić information content (AvgIpc) is 2.46. The number of pyridine rings is 1. The van der Waals surface area contributed by atoms with Gasteiger partial charge in [-0.15, -0.1) is 0 Å². The van der Waals surface area contributed by atoms with Crippen molar-refractivity contribution >= 4 is 29.3 Å². The van der Waals surface area contributed by atoms with E-state index in [0.717, 1.165) is 5.56 Å². The molecule has 6 nitrogen and oxygen atoms in total. The highest BCUT2D eigenvalue weighted by Crippen LogP contribution is 2.12. The lowest BCUT2D eigenvalue weighted by molar-refractivity contribution is 0.0472. The molecule has 2 aromatic rings. The molecule has 0 unspecified atom stereocenters. The lowest BCUT2D eigenvalue weighted by Gasteiger charge is -2.06. The Hall–Kier alpha value is -2.60. The van der Waals surface area contributed by atoms with Crippen LogP contribution in [0.4, 0.5) is 10.5 Å². The van der Waals surface area contributed by atoms with E-state index in [2.05, 4.69) is 10.3 Å². The number of nitrogens with one attached hydrogen (secondary N) is 1. The fourth-order valence-electron chi connectivity index (χ4n) is 1.56. The van der Waals surface area contributed by atoms with Gasteiger partial charge < -0.3 is 15.8 Å². The summed E-state index contributed by atoms with van der Waals surface area (Å²) in [7, 11) is 0. The number of urea groups is 1. The van der Waals surface area contributed by atoms with E-state index in [9.17, 15) is 9.59 Å². The van der Waals surface area contributed by atoms with Gasteiger partial charge in [-0.3, -0.25) is 0 Å². The van der Waals surface area contributed by atoms with Crippen LogP contribution in [0.25, 0.3) is 0 Å². The number of amides is 2. The Morgan fingerprint density at radius 2 is 1.90 bits per heavy atom. The minimum atomic E-state index is -0.666. The molecule has 0 fully saturated rings. The summed E-state index contributed by atoms with van der Waals surface area (Å²) in [4.78, 5) is 26.4. The highest BCUT2D eigenvalue weighted by Gasteiger charge is 2.08. The van der Waals surface area contributed by atoms with Gasteiger partial charge in [-0.25, -0.2) is 14.6 Å². The zero-order valence-electron chi connectivity index (χ0n) is 10.9. The number of benzene rings is 1. The molecule has 0 radical (unpaired) electrons. The Kier molecular flexibility index (Phi) is 4.73. The summed E-state index contributed by atoms with van der Waals surface area (Å²) in [5.74, 6) is -0.476. The van der Waals surface area contributed by atoms with Gasteiger partial charge in [0.2, 0.25) is 0 Å². The van der Waals surface area contributed by atoms with E-state index in [1.807, 2.05) is 0 Å². The number of nitrogens with zero attached hydrogens (tertiary/aromatic N) is 1. The molecule has 3 N–H and O–H groups in total. The third-order valence-electron chi connectivity index (χ3n) is 2.55. The number of hydrogen-bond acceptors (Lipinski definition) is 4. The van der Waals surface area contributed by atoms with Crippen molar-refractivity contribution in [2.45, 2.75) is 6.61 Å². The molecule has 1 aromatic heterocycles. The van der Waals surface area contributed by atoms with E-state index < -0.39 is 12.0 Å². The molecule has 0 aliphatic rings. The number of rotatable bonds is 4. The molecule has 0 spiro atoms. The van der Waals surface area contributed by atoms with Crippen molar-refractivity contribution in [2.24, 2.45) is 5.73 Å². The maximum Gasteiger partial charge on any atom is 0.338 e. The number of carbonyl (C=O) groups is 2. The molecule has 0 aliphatic carbocycles. The lowest BCUT2D eigenvalue weighted by Crippen LogP contribution is -2.19. The topological polar surface area (TPSA) is 94.3 Å². The second kappa shape index (κ2) is 6.71. The van der Waals surface area contributed by atoms with Gasteiger partial charge in [0.1, 0.15) is 11.8 Å². The number of aromatic nitrogens is 1. The van der Waals surface area contributed by atoms with Gasteiger partial charge in [0.05, 0.1) is 5.56 Å². The van der Waals surface area contributed by atoms with E-state index >= 15 is 0 Å². The fourth-order valence-corrected chi connectivity index (χ4v) is 1.67. The highest BCUT2D eigenvalue weighted by atomic mass is 35.5. The van der Waals surface area contributed by atoms with Crippen LogP contribution in [0, 0.1) is 0 Å². The molecule has 0 bridgehead atoms. The first-order valence-electron chi connectivity index (χ1n) is 5.98. The summed E-state index contributed by atoms with van der Waals surface area (Å²) in [6.45, 7) is 0.101. The van der Waals surface area contributed by atoms with Crippen LogP contribution >= 0.6 is 11.6 Å². The molecule has 2 amide bonds. The van der Waals surface area contributed by atoms with E-state index in [4.69, 9.17) is 22.1 Å². The highest BCUT2D eigenvalue weighted by molar-refractivity contribution is 6.29. The Morgan fingerprint density at radius 3 is 2.48 bits per heavy atom. The standard InChI is InChI=1S/C14H12ClN3O3/c15-12-6-1-9(7-17-12)8-21-13(19)10-2-4-11(5-3-10)18-14(16)20/h1-7H,8H2,(H3,16,18,20). The minimum Gasteiger partial charge on any atom is -0.457 e. The Balaban J connectivity index is 1.93. The number of nitrogens with two attached hydrogens (primary N) is 1. The predicted octanol–water partition coefficient (Wildman–Crippen LogP) is 2.58. The first kappa shape index (κ1) is 14.8. The van der Waals surface area contributed by atoms with Crippen LogP contribution in [0.5, 0.6) is 0 Å². The van der Waals surface area contributed by atoms with Gasteiger partial charge in [-0.1, -0.05) is 17.7 Å². The second-order valence-corrected chi connectivity index (χ2v) is 4.52. The zero-order valence-corrected chi connectivity index (χ0v) is 11.6. The molecule has 1 aromatic carbocycles. The number of primary amides is 1. The number of ether oxygens (including phenoxy) is 1. The first-order valence-corrected chi connectivity index (χ1v) is 6.36. The summed E-state index contributed by atoms with van der Waals surface area (Å²) in [5, 5.41) is 2.78. The molecule has 7 heteroatoms. The second-order valence-electron chi connectivity index (χ2n) is 4.13. The van der Waals surface area contributed by atoms with Crippen molar-refractivity contribution in [3.8, 4) is 0 Å². The summed E-state index contributed by atoms with van der Waals surface area (Å²) >= 11 is 5.66. The summed E-state index contributed by atoms with van der Waals surface area (Å²) in [6.07, 6.45) is 1.54. The zero-order chi connectivity index (χ0) is 15.2. The van der Waals surface area contributed by atoms with E-state index in [0.29, 0.717) is 16.4 Å². The molecule has 2 rings (SSSR count). The van der Waals surface area contributed by atoms with Crippen molar-refractivity contribution < 1.29 is 14.3 Å². The summed E-state index contributed by atoms with van der Waals surface area (Å²) in [5.41, 5.74) is 6.59. The Morgan fingerprint density at radius 1 is 1.19 bits per heavy atom. The molecule has 0 aliphatic heterocycles. The normalized spacial score (nSPS) is 9.95. The van der Waals surface area contributed by atoms with Gasteiger partial charge in [0.15, 0.2) is 0 Å². The minimum absolute atomic E-state index is 0.101. The summed E-state index contributed by atoms with van der Waals surface area (Å²) in [6, 6.07) is 8.87. The SMILES string of the molecule is NC(=O)Nc1ccc(C(=O)OCc2ccc(Cl)nc2)cc1. The predicted molar refractivity (Wildman–Crippen MR) is 78.0 cm³/mol. The number of carbonyl (C=O) groups excluding carboxylic acids is 2. The molecule has 21 heavy (non-hydrogen) atoms. The van der Waals surface area contributed by atoms with Crippen LogP contribution in [-0.4, -0.2) is 17.0 Å². The van der Waals surface area contributed by atoms with Crippen molar-refractivity contribution in [1.29, 1.82) is 0 Å². The van der Waals surface area contributed by atoms with Crippen LogP contribution in [0.2, 0.25) is 5.15 Å². The third-order valence-corrected chi connectivity index (χ3v) is 2.77. The third kappa shape index (κ3) is 4.47. The number of hydrogen-bond donors (Lipinski definition) is 2. The molecule has 0 saturated heterocycles. The van der Waals surface area contributed by atoms with Gasteiger partial charge in [0.25, 0.3) is 0 Å². The van der Waals surface area contributed by atoms with E-state index in [-0.39, 0.29) is 6.61 Å². The van der Waals surface area contributed by atoms with Crippen LogP contribution in [0.15, 0.2) is 42.6 Å². The Bertz CT molecular complexity index is 642. The van der Waals surface area contributed by atoms with Crippen LogP contribution in [-0.2, 0) is 11.3 Å². The number of halogens is 1. The molecule has 1 heterocycles. The van der Waals surface area contributed by atoms with Crippen LogP contribution in [0.3, 0.4) is 0 Å². The van der Waals surface area contributed by atoms with E-state index in [1.54, 1.807) is 24.3 Å². The molecule has 0 atom stereocenters. The van der Waals surface area contributed by atoms with E-state index in [1.165, 1.54) is 18.3 Å². The molecule has 0 saturated carbocycles. The molecule has 108 valence electrons. The number of esters is 1. The quantitative estimate of drug-likeness (QED) is 0.670. The first-order chi connectivity index (χ1) is 10.0. The number of anilines is 1. The lowest BCUT2D eigenvalue weighted by atomic mass is 10.2. The molecular weight excluding hydrogens is 294 g/mol. The van der Waals surface area contributed by atoms with Gasteiger partial charge in [0, 0.05) is 17.4 Å². The van der Waals surface area contributed by atoms with Crippen molar-refractivity contribution in [3.63, 3.8) is 0 Å². The average molecular weight is 306 g/mol. The van der Waals surface area contributed by atoms with Crippen LogP contribution in [0.1, 0.15) is 15.9 Å². The fraction of sp³-hybridized carbons (Fsp3) is 0.0714. The molecular formula is C14H12ClN3O3. The largest absolute Gasteiger partial charge is 0.457 e. The van der Waals surface area contributed by atoms with Crippen molar-refractivity contribution in [1.82, 2.24) is 4.98 Å². The van der Waals surface area contributed by atoms with Gasteiger partial charge >= 0.3 is 12.0 Å². The van der Waals surface area contributed by atoms with Crippen molar-refractivity contribution in [3.05, 3.63) is 58.9 Å². The van der Waals surface area contributed by atoms with Gasteiger partial charge in [-0.2, -0.15) is 0 Å². The van der Waals surface area contributed by atoms with Crippen LogP contribution < -0.4 is 11.1 Å². The Labute approximate surface area is 125 Å². The van der Waals surface area contributed by atoms with Gasteiger partial charge in [-0.05, 0) is 30.3 Å². The maximum atomic E-state index is 11.8. The van der Waals surface area contributed by atoms with Crippen molar-refractivity contribution in [2.75, 3.05) is 5.32 Å². The maximum absolute atomic E-state index is 11.8. The monoisotopic (exact) mass is 305 g/mol.